The van der Waals surface area contributed by atoms with E-state index in [0.29, 0.717) is 18.3 Å². The molecule has 0 spiro atoms. The molecule has 114 valence electrons. The summed E-state index contributed by atoms with van der Waals surface area (Å²) in [6.07, 6.45) is 5.23. The molecule has 0 aliphatic heterocycles. The molecule has 1 aromatic heterocycles. The summed E-state index contributed by atoms with van der Waals surface area (Å²) >= 11 is 0. The number of carbonyl (C=O) groups is 1. The maximum Gasteiger partial charge on any atom is 0.220 e. The third kappa shape index (κ3) is 4.16. The number of carbonyl (C=O) groups excluding carboxylic acids is 1. The van der Waals surface area contributed by atoms with Gasteiger partial charge in [0.1, 0.15) is 5.69 Å². The van der Waals surface area contributed by atoms with Crippen molar-refractivity contribution in [2.75, 3.05) is 0 Å². The Bertz CT molecular complexity index is 524. The van der Waals surface area contributed by atoms with E-state index in [4.69, 9.17) is 16.7 Å². The summed E-state index contributed by atoms with van der Waals surface area (Å²) in [5, 5.41) is 15.1. The van der Waals surface area contributed by atoms with Gasteiger partial charge in [0.2, 0.25) is 5.91 Å². The quantitative estimate of drug-likeness (QED) is 0.269. The Morgan fingerprint density at radius 1 is 1.38 bits per heavy atom. The van der Waals surface area contributed by atoms with Crippen LogP contribution in [0.1, 0.15) is 36.9 Å². The van der Waals surface area contributed by atoms with E-state index in [1.54, 1.807) is 12.3 Å². The standard InChI is InChI=1S/C14H21N5O2/c15-13(19-21)12-7-9(5-6-17-12)8-18-11-3-1-10(2-4-11)14(16)20/h5-7,10-11,18,21H,1-4,8H2,(H2,15,19)(H2,16,20). The van der Waals surface area contributed by atoms with E-state index in [9.17, 15) is 4.79 Å². The Morgan fingerprint density at radius 3 is 2.71 bits per heavy atom. The second-order valence-electron chi connectivity index (χ2n) is 5.37. The summed E-state index contributed by atoms with van der Waals surface area (Å²) in [5.41, 5.74) is 12.3. The molecule has 0 aromatic carbocycles. The lowest BCUT2D eigenvalue weighted by atomic mass is 9.85. The Kier molecular flexibility index (Phi) is 5.10. The van der Waals surface area contributed by atoms with Crippen LogP contribution in [0.3, 0.4) is 0 Å². The summed E-state index contributed by atoms with van der Waals surface area (Å²) in [5.74, 6) is -0.166. The number of oxime groups is 1. The lowest BCUT2D eigenvalue weighted by Crippen LogP contribution is -2.36. The van der Waals surface area contributed by atoms with Crippen molar-refractivity contribution < 1.29 is 10.0 Å². The van der Waals surface area contributed by atoms with Crippen molar-refractivity contribution in [3.05, 3.63) is 29.6 Å². The molecular formula is C14H21N5O2. The third-order valence-electron chi connectivity index (χ3n) is 3.92. The van der Waals surface area contributed by atoms with E-state index in [1.807, 2.05) is 6.07 Å². The first-order valence-corrected chi connectivity index (χ1v) is 7.05. The van der Waals surface area contributed by atoms with Gasteiger partial charge in [0.15, 0.2) is 5.84 Å². The summed E-state index contributed by atoms with van der Waals surface area (Å²) in [6.45, 7) is 0.681. The second kappa shape index (κ2) is 7.03. The highest BCUT2D eigenvalue weighted by Gasteiger charge is 2.24. The first kappa shape index (κ1) is 15.2. The van der Waals surface area contributed by atoms with Gasteiger partial charge in [-0.25, -0.2) is 0 Å². The van der Waals surface area contributed by atoms with Crippen LogP contribution in [0.5, 0.6) is 0 Å². The number of nitrogens with two attached hydrogens (primary N) is 2. The van der Waals surface area contributed by atoms with Crippen LogP contribution in [0, 0.1) is 5.92 Å². The number of amides is 1. The molecule has 0 atom stereocenters. The number of nitrogens with zero attached hydrogens (tertiary/aromatic N) is 2. The second-order valence-corrected chi connectivity index (χ2v) is 5.37. The maximum absolute atomic E-state index is 11.1. The van der Waals surface area contributed by atoms with Crippen molar-refractivity contribution in [1.82, 2.24) is 10.3 Å². The molecule has 1 saturated carbocycles. The molecule has 1 aliphatic rings. The van der Waals surface area contributed by atoms with Gasteiger partial charge in [-0.1, -0.05) is 5.16 Å². The van der Waals surface area contributed by atoms with Gasteiger partial charge in [0.25, 0.3) is 0 Å². The van der Waals surface area contributed by atoms with E-state index in [-0.39, 0.29) is 17.7 Å². The fourth-order valence-electron chi connectivity index (χ4n) is 2.62. The predicted octanol–water partition coefficient (Wildman–Crippen LogP) is 0.310. The van der Waals surface area contributed by atoms with Crippen molar-refractivity contribution in [2.24, 2.45) is 22.5 Å². The van der Waals surface area contributed by atoms with Gasteiger partial charge < -0.3 is 22.0 Å². The first-order valence-electron chi connectivity index (χ1n) is 7.05. The van der Waals surface area contributed by atoms with Crippen molar-refractivity contribution in [1.29, 1.82) is 0 Å². The summed E-state index contributed by atoms with van der Waals surface area (Å²) in [6, 6.07) is 4.06. The van der Waals surface area contributed by atoms with E-state index < -0.39 is 0 Å². The molecular weight excluding hydrogens is 270 g/mol. The number of amidine groups is 1. The smallest absolute Gasteiger partial charge is 0.220 e. The van der Waals surface area contributed by atoms with Crippen molar-refractivity contribution >= 4 is 11.7 Å². The summed E-state index contributed by atoms with van der Waals surface area (Å²) < 4.78 is 0. The molecule has 0 bridgehead atoms. The average molecular weight is 291 g/mol. The van der Waals surface area contributed by atoms with E-state index in [2.05, 4.69) is 15.5 Å². The highest BCUT2D eigenvalue weighted by Crippen LogP contribution is 2.24. The molecule has 1 amide bonds. The van der Waals surface area contributed by atoms with Crippen LogP contribution in [-0.4, -0.2) is 28.0 Å². The molecule has 1 aliphatic carbocycles. The third-order valence-corrected chi connectivity index (χ3v) is 3.92. The van der Waals surface area contributed by atoms with Crippen LogP contribution < -0.4 is 16.8 Å². The molecule has 6 N–H and O–H groups in total. The largest absolute Gasteiger partial charge is 0.409 e. The number of nitrogens with one attached hydrogen (secondary N) is 1. The van der Waals surface area contributed by atoms with Crippen LogP contribution in [0.2, 0.25) is 0 Å². The van der Waals surface area contributed by atoms with Gasteiger partial charge in [-0.2, -0.15) is 0 Å². The number of aromatic nitrogens is 1. The lowest BCUT2D eigenvalue weighted by molar-refractivity contribution is -0.122. The van der Waals surface area contributed by atoms with E-state index in [0.717, 1.165) is 31.2 Å². The van der Waals surface area contributed by atoms with Crippen molar-refractivity contribution in [3.8, 4) is 0 Å². The summed E-state index contributed by atoms with van der Waals surface area (Å²) in [4.78, 5) is 15.2. The molecule has 21 heavy (non-hydrogen) atoms. The Labute approximate surface area is 123 Å². The molecule has 7 nitrogen and oxygen atoms in total. The van der Waals surface area contributed by atoms with E-state index in [1.165, 1.54) is 0 Å². The molecule has 1 heterocycles. The fraction of sp³-hybridized carbons (Fsp3) is 0.500. The van der Waals surface area contributed by atoms with Crippen molar-refractivity contribution in [2.45, 2.75) is 38.3 Å². The Hall–Kier alpha value is -2.15. The SMILES string of the molecule is NC(=O)C1CCC(NCc2ccnc(C(N)=NO)c2)CC1. The molecule has 0 saturated heterocycles. The van der Waals surface area contributed by atoms with Gasteiger partial charge in [-0.3, -0.25) is 9.78 Å². The maximum atomic E-state index is 11.1. The van der Waals surface area contributed by atoms with E-state index >= 15 is 0 Å². The zero-order valence-electron chi connectivity index (χ0n) is 11.8. The molecule has 1 aromatic rings. The number of hydrogen-bond donors (Lipinski definition) is 4. The van der Waals surface area contributed by atoms with Gasteiger partial charge in [0, 0.05) is 24.7 Å². The van der Waals surface area contributed by atoms with Gasteiger partial charge in [0.05, 0.1) is 0 Å². The molecule has 1 fully saturated rings. The zero-order chi connectivity index (χ0) is 15.2. The molecule has 2 rings (SSSR count). The topological polar surface area (TPSA) is 127 Å². The number of pyridine rings is 1. The minimum absolute atomic E-state index is 0.00110. The zero-order valence-corrected chi connectivity index (χ0v) is 11.8. The monoisotopic (exact) mass is 291 g/mol. The van der Waals surface area contributed by atoms with Crippen LogP contribution in [-0.2, 0) is 11.3 Å². The average Bonchev–Trinajstić information content (AvgIpc) is 2.52. The van der Waals surface area contributed by atoms with Crippen LogP contribution in [0.25, 0.3) is 0 Å². The van der Waals surface area contributed by atoms with Gasteiger partial charge in [-0.15, -0.1) is 0 Å². The molecule has 0 unspecified atom stereocenters. The molecule has 0 radical (unpaired) electrons. The Morgan fingerprint density at radius 2 is 2.10 bits per heavy atom. The number of primary amides is 1. The molecule has 7 heteroatoms. The highest BCUT2D eigenvalue weighted by molar-refractivity contribution is 5.95. The number of hydrogen-bond acceptors (Lipinski definition) is 5. The first-order chi connectivity index (χ1) is 10.1. The lowest BCUT2D eigenvalue weighted by Gasteiger charge is -2.27. The Balaban J connectivity index is 1.85. The minimum atomic E-state index is -0.189. The number of rotatable bonds is 5. The fourth-order valence-corrected chi connectivity index (χ4v) is 2.62. The minimum Gasteiger partial charge on any atom is -0.409 e. The highest BCUT2D eigenvalue weighted by atomic mass is 16.4. The van der Waals surface area contributed by atoms with Crippen molar-refractivity contribution in [3.63, 3.8) is 0 Å². The van der Waals surface area contributed by atoms with Gasteiger partial charge in [-0.05, 0) is 43.4 Å². The van der Waals surface area contributed by atoms with Crippen LogP contribution in [0.15, 0.2) is 23.5 Å². The predicted molar refractivity (Wildman–Crippen MR) is 78.5 cm³/mol. The van der Waals surface area contributed by atoms with Crippen LogP contribution in [0.4, 0.5) is 0 Å². The summed E-state index contributed by atoms with van der Waals surface area (Å²) in [7, 11) is 0. The van der Waals surface area contributed by atoms with Crippen LogP contribution >= 0.6 is 0 Å². The van der Waals surface area contributed by atoms with Gasteiger partial charge >= 0.3 is 0 Å². The normalized spacial score (nSPS) is 23.0.